The van der Waals surface area contributed by atoms with Crippen LogP contribution in [0.15, 0.2) is 92.3 Å². The lowest BCUT2D eigenvalue weighted by molar-refractivity contribution is 1.80. The Morgan fingerprint density at radius 1 is 0.467 bits per heavy atom. The maximum Gasteiger partial charge on any atom is 0.0449 e. The summed E-state index contributed by atoms with van der Waals surface area (Å²) in [5.41, 5.74) is 4.04. The Morgan fingerprint density at radius 3 is 1.63 bits per heavy atom. The molecule has 6 aromatic heterocycles. The van der Waals surface area contributed by atoms with Gasteiger partial charge in [-0.15, -0.1) is 45.3 Å². The van der Waals surface area contributed by atoms with Crippen LogP contribution in [0.25, 0.3) is 41.1 Å². The van der Waals surface area contributed by atoms with Gasteiger partial charge in [0.2, 0.25) is 0 Å². The third-order valence-corrected chi connectivity index (χ3v) is 9.96. The average Bonchev–Trinajstić information content (AvgIpc) is 3.64. The number of hydrogen-bond donors (Lipinski definition) is 0. The van der Waals surface area contributed by atoms with Crippen LogP contribution in [0.3, 0.4) is 0 Å². The molecule has 0 aliphatic heterocycles. The molecule has 0 saturated carbocycles. The second kappa shape index (κ2) is 9.56. The molecule has 0 aliphatic carbocycles. The van der Waals surface area contributed by atoms with E-state index in [0.29, 0.717) is 0 Å². The zero-order valence-electron chi connectivity index (χ0n) is 15.7. The van der Waals surface area contributed by atoms with E-state index in [0.717, 1.165) is 0 Å². The molecular formula is C24H16S6. The largest absolute Gasteiger partial charge is 0.152 e. The van der Waals surface area contributed by atoms with Crippen molar-refractivity contribution < 1.29 is 0 Å². The van der Waals surface area contributed by atoms with E-state index in [1.54, 1.807) is 45.3 Å². The first kappa shape index (κ1) is 20.1. The van der Waals surface area contributed by atoms with Crippen LogP contribution >= 0.6 is 68.0 Å². The van der Waals surface area contributed by atoms with Crippen molar-refractivity contribution in [3.63, 3.8) is 0 Å². The number of rotatable bonds is 4. The average molecular weight is 497 g/mol. The van der Waals surface area contributed by atoms with Gasteiger partial charge in [-0.3, -0.25) is 0 Å². The molecule has 0 nitrogen and oxygen atoms in total. The van der Waals surface area contributed by atoms with Crippen LogP contribution in [0, 0.1) is 0 Å². The smallest absolute Gasteiger partial charge is 0.0449 e. The summed E-state index contributed by atoms with van der Waals surface area (Å²) in [5.74, 6) is 0. The second-order valence-electron chi connectivity index (χ2n) is 6.31. The van der Waals surface area contributed by atoms with Gasteiger partial charge in [-0.25, -0.2) is 0 Å². The van der Waals surface area contributed by atoms with Gasteiger partial charge >= 0.3 is 0 Å². The first-order valence-electron chi connectivity index (χ1n) is 9.19. The van der Waals surface area contributed by atoms with Gasteiger partial charge in [0.15, 0.2) is 0 Å². The van der Waals surface area contributed by atoms with Crippen molar-refractivity contribution in [3.05, 3.63) is 92.3 Å². The molecule has 0 amide bonds. The monoisotopic (exact) mass is 496 g/mol. The van der Waals surface area contributed by atoms with E-state index in [9.17, 15) is 0 Å². The van der Waals surface area contributed by atoms with Gasteiger partial charge < -0.3 is 0 Å². The molecule has 30 heavy (non-hydrogen) atoms. The topological polar surface area (TPSA) is 0 Å². The minimum atomic E-state index is 1.34. The van der Waals surface area contributed by atoms with Crippen molar-refractivity contribution in [2.75, 3.05) is 0 Å². The third-order valence-electron chi connectivity index (χ3n) is 4.41. The molecule has 0 spiro atoms. The molecule has 148 valence electrons. The Kier molecular flexibility index (Phi) is 6.41. The van der Waals surface area contributed by atoms with Crippen molar-refractivity contribution >= 4 is 68.0 Å². The Labute approximate surface area is 200 Å². The quantitative estimate of drug-likeness (QED) is 0.228. The van der Waals surface area contributed by atoms with Crippen molar-refractivity contribution in [2.24, 2.45) is 0 Å². The molecule has 6 aromatic rings. The van der Waals surface area contributed by atoms with Crippen molar-refractivity contribution in [2.45, 2.75) is 0 Å². The molecule has 0 saturated heterocycles. The molecular weight excluding hydrogens is 481 g/mol. The molecule has 0 aliphatic rings. The van der Waals surface area contributed by atoms with Gasteiger partial charge in [0.1, 0.15) is 0 Å². The predicted octanol–water partition coefficient (Wildman–Crippen LogP) is 10.4. The maximum absolute atomic E-state index is 2.21. The van der Waals surface area contributed by atoms with Crippen LogP contribution < -0.4 is 0 Å². The lowest BCUT2D eigenvalue weighted by Gasteiger charge is -1.98. The fraction of sp³-hybridized carbons (Fsp3) is 0. The molecule has 0 aromatic carbocycles. The van der Waals surface area contributed by atoms with Crippen LogP contribution in [-0.2, 0) is 0 Å². The minimum absolute atomic E-state index is 1.34. The summed E-state index contributed by atoms with van der Waals surface area (Å²) >= 11 is 10.8. The SMILES string of the molecule is c1cc(-c2ccsc2-c2ccsc2)cs1.c1csc(-c2ccc(-c3cccs3)s2)c1. The van der Waals surface area contributed by atoms with Gasteiger partial charge in [0.05, 0.1) is 0 Å². The van der Waals surface area contributed by atoms with Gasteiger partial charge in [0, 0.05) is 35.5 Å². The summed E-state index contributed by atoms with van der Waals surface area (Å²) in [6.45, 7) is 0. The Hall–Kier alpha value is -1.80. The van der Waals surface area contributed by atoms with E-state index in [-0.39, 0.29) is 0 Å². The summed E-state index contributed by atoms with van der Waals surface area (Å²) in [6, 6.07) is 19.6. The van der Waals surface area contributed by atoms with Crippen molar-refractivity contribution in [3.8, 4) is 41.1 Å². The third kappa shape index (κ3) is 4.44. The number of hydrogen-bond acceptors (Lipinski definition) is 6. The molecule has 0 unspecified atom stereocenters. The van der Waals surface area contributed by atoms with Crippen molar-refractivity contribution in [1.82, 2.24) is 0 Å². The van der Waals surface area contributed by atoms with Crippen LogP contribution in [0.4, 0.5) is 0 Å². The normalized spacial score (nSPS) is 10.7. The lowest BCUT2D eigenvalue weighted by atomic mass is 10.1. The molecule has 0 atom stereocenters. The zero-order chi connectivity index (χ0) is 20.2. The Balaban J connectivity index is 0.000000128. The van der Waals surface area contributed by atoms with E-state index in [4.69, 9.17) is 0 Å². The van der Waals surface area contributed by atoms with Gasteiger partial charge in [-0.2, -0.15) is 22.7 Å². The molecule has 0 N–H and O–H groups in total. The van der Waals surface area contributed by atoms with E-state index in [1.165, 1.54) is 41.1 Å². The molecule has 6 heteroatoms. The molecule has 6 heterocycles. The lowest BCUT2D eigenvalue weighted by Crippen LogP contribution is -1.72. The first-order valence-corrected chi connectivity index (χ1v) is 14.5. The highest BCUT2D eigenvalue weighted by molar-refractivity contribution is 7.25. The van der Waals surface area contributed by atoms with E-state index in [2.05, 4.69) is 92.3 Å². The summed E-state index contributed by atoms with van der Waals surface area (Å²) < 4.78 is 0. The van der Waals surface area contributed by atoms with E-state index in [1.807, 2.05) is 22.7 Å². The molecule has 0 radical (unpaired) electrons. The summed E-state index contributed by atoms with van der Waals surface area (Å²) in [5, 5.41) is 15.1. The van der Waals surface area contributed by atoms with Gasteiger partial charge in [-0.05, 0) is 85.7 Å². The Morgan fingerprint density at radius 2 is 1.10 bits per heavy atom. The van der Waals surface area contributed by atoms with Gasteiger partial charge in [-0.1, -0.05) is 12.1 Å². The zero-order valence-corrected chi connectivity index (χ0v) is 20.6. The first-order chi connectivity index (χ1) is 14.9. The summed E-state index contributed by atoms with van der Waals surface area (Å²) in [6.07, 6.45) is 0. The maximum atomic E-state index is 2.21. The second-order valence-corrected chi connectivity index (χ2v) is 11.8. The highest BCUT2D eigenvalue weighted by Gasteiger charge is 2.09. The highest BCUT2D eigenvalue weighted by atomic mass is 32.1. The fourth-order valence-corrected chi connectivity index (χ4v) is 7.98. The van der Waals surface area contributed by atoms with Crippen LogP contribution in [0.1, 0.15) is 0 Å². The van der Waals surface area contributed by atoms with Crippen molar-refractivity contribution in [1.29, 1.82) is 0 Å². The predicted molar refractivity (Wildman–Crippen MR) is 142 cm³/mol. The molecule has 0 bridgehead atoms. The standard InChI is InChI=1S/2C12H8S3/c1-4-13-7-9(1)11-3-6-15-12(11)10-2-5-14-8-10;1-3-9(13-7-1)11-5-6-12(15-11)10-4-2-8-14-10/h2*1-8H. The summed E-state index contributed by atoms with van der Waals surface area (Å²) in [7, 11) is 0. The van der Waals surface area contributed by atoms with Crippen LogP contribution in [0.5, 0.6) is 0 Å². The number of thiophene rings is 6. The minimum Gasteiger partial charge on any atom is -0.152 e. The van der Waals surface area contributed by atoms with E-state index < -0.39 is 0 Å². The Bertz CT molecular complexity index is 1170. The highest BCUT2D eigenvalue weighted by Crippen LogP contribution is 2.39. The molecule has 0 fully saturated rings. The van der Waals surface area contributed by atoms with Crippen LogP contribution in [-0.4, -0.2) is 0 Å². The molecule has 6 rings (SSSR count). The van der Waals surface area contributed by atoms with E-state index >= 15 is 0 Å². The summed E-state index contributed by atoms with van der Waals surface area (Å²) in [4.78, 5) is 6.85. The van der Waals surface area contributed by atoms with Gasteiger partial charge in [0.25, 0.3) is 0 Å². The fourth-order valence-electron chi connectivity index (χ4n) is 3.01. The van der Waals surface area contributed by atoms with Crippen LogP contribution in [0.2, 0.25) is 0 Å².